The zero-order chi connectivity index (χ0) is 20.3. The molecule has 29 heavy (non-hydrogen) atoms. The molecule has 4 rings (SSSR count). The Balaban J connectivity index is 1.51. The fraction of sp³-hybridized carbons (Fsp3) is 0.696. The number of amides is 1. The minimum Gasteiger partial charge on any atom is -0.491 e. The van der Waals surface area contributed by atoms with Crippen LogP contribution in [0.25, 0.3) is 0 Å². The predicted molar refractivity (Wildman–Crippen MR) is 111 cm³/mol. The maximum absolute atomic E-state index is 13.7. The second kappa shape index (κ2) is 9.02. The molecule has 2 heterocycles. The molecule has 1 unspecified atom stereocenters. The van der Waals surface area contributed by atoms with Crippen LogP contribution in [0.4, 0.5) is 0 Å². The summed E-state index contributed by atoms with van der Waals surface area (Å²) in [5.74, 6) is 1.10. The van der Waals surface area contributed by atoms with Gasteiger partial charge in [-0.25, -0.2) is 0 Å². The first kappa shape index (κ1) is 20.6. The van der Waals surface area contributed by atoms with E-state index in [1.807, 2.05) is 18.2 Å². The van der Waals surface area contributed by atoms with Gasteiger partial charge in [-0.1, -0.05) is 18.2 Å². The summed E-state index contributed by atoms with van der Waals surface area (Å²) in [7, 11) is 0. The number of piperidine rings is 1. The summed E-state index contributed by atoms with van der Waals surface area (Å²) in [5.41, 5.74) is 0.686. The molecule has 1 atom stereocenters. The smallest absolute Gasteiger partial charge is 0.243 e. The molecule has 6 heteroatoms. The first-order valence-corrected chi connectivity index (χ1v) is 11.2. The van der Waals surface area contributed by atoms with E-state index < -0.39 is 5.54 Å². The molecule has 160 valence electrons. The molecule has 3 aliphatic rings. The summed E-state index contributed by atoms with van der Waals surface area (Å²) in [6.45, 7) is 2.75. The molecule has 1 aliphatic carbocycles. The molecule has 3 fully saturated rings. The van der Waals surface area contributed by atoms with E-state index in [-0.39, 0.29) is 25.4 Å². The van der Waals surface area contributed by atoms with Gasteiger partial charge in [0.25, 0.3) is 0 Å². The molecule has 2 aliphatic heterocycles. The van der Waals surface area contributed by atoms with Crippen molar-refractivity contribution < 1.29 is 19.7 Å². The summed E-state index contributed by atoms with van der Waals surface area (Å²) in [5, 5.41) is 19.0. The highest BCUT2D eigenvalue weighted by Gasteiger charge is 2.52. The van der Waals surface area contributed by atoms with Crippen LogP contribution in [0, 0.1) is 0 Å². The van der Waals surface area contributed by atoms with Gasteiger partial charge in [0, 0.05) is 24.7 Å². The second-order valence-electron chi connectivity index (χ2n) is 8.80. The number of nitrogens with zero attached hydrogens (tertiary/aromatic N) is 2. The van der Waals surface area contributed by atoms with Gasteiger partial charge in [-0.2, -0.15) is 0 Å². The number of aliphatic hydroxyl groups is 2. The topological polar surface area (TPSA) is 73.2 Å². The van der Waals surface area contributed by atoms with Crippen LogP contribution in [-0.2, 0) is 11.3 Å². The van der Waals surface area contributed by atoms with E-state index in [2.05, 4.69) is 15.9 Å². The SMILES string of the molecule is O=C1N(C2CCC(O)CC2)CCCC12CCCN2Cc1ccccc1OCCO. The van der Waals surface area contributed by atoms with Crippen LogP contribution in [0.15, 0.2) is 24.3 Å². The Morgan fingerprint density at radius 2 is 1.79 bits per heavy atom. The van der Waals surface area contributed by atoms with Gasteiger partial charge in [-0.3, -0.25) is 9.69 Å². The number of likely N-dealkylation sites (tertiary alicyclic amines) is 2. The Morgan fingerprint density at radius 3 is 2.55 bits per heavy atom. The molecule has 1 aromatic rings. The van der Waals surface area contributed by atoms with Crippen molar-refractivity contribution in [1.29, 1.82) is 0 Å². The van der Waals surface area contributed by atoms with Crippen molar-refractivity contribution in [2.24, 2.45) is 0 Å². The van der Waals surface area contributed by atoms with Crippen molar-refractivity contribution in [2.45, 2.75) is 75.6 Å². The molecule has 1 aromatic carbocycles. The lowest BCUT2D eigenvalue weighted by molar-refractivity contribution is -0.152. The lowest BCUT2D eigenvalue weighted by Gasteiger charge is -2.48. The van der Waals surface area contributed by atoms with Crippen molar-refractivity contribution in [3.05, 3.63) is 29.8 Å². The highest BCUT2D eigenvalue weighted by Crippen LogP contribution is 2.41. The van der Waals surface area contributed by atoms with Crippen LogP contribution in [0.3, 0.4) is 0 Å². The van der Waals surface area contributed by atoms with Crippen LogP contribution >= 0.6 is 0 Å². The van der Waals surface area contributed by atoms with Gasteiger partial charge in [0.15, 0.2) is 0 Å². The third-order valence-electron chi connectivity index (χ3n) is 7.06. The van der Waals surface area contributed by atoms with Crippen LogP contribution in [-0.4, -0.2) is 69.9 Å². The molecule has 0 aromatic heterocycles. The van der Waals surface area contributed by atoms with Gasteiger partial charge in [-0.05, 0) is 64.0 Å². The standard InChI is InChI=1S/C23H34N2O4/c26-15-16-29-21-6-2-1-5-18(21)17-24-13-3-11-23(24)12-4-14-25(22(23)28)19-7-9-20(27)10-8-19/h1-2,5-6,19-20,26-27H,3-4,7-17H2. The largest absolute Gasteiger partial charge is 0.491 e. The summed E-state index contributed by atoms with van der Waals surface area (Å²) in [6.07, 6.45) is 7.20. The molecule has 1 spiro atoms. The summed E-state index contributed by atoms with van der Waals surface area (Å²) in [6, 6.07) is 8.24. The highest BCUT2D eigenvalue weighted by molar-refractivity contribution is 5.88. The summed E-state index contributed by atoms with van der Waals surface area (Å²) < 4.78 is 5.73. The van der Waals surface area contributed by atoms with Crippen molar-refractivity contribution >= 4 is 5.91 Å². The van der Waals surface area contributed by atoms with Crippen LogP contribution in [0.1, 0.15) is 56.9 Å². The van der Waals surface area contributed by atoms with Gasteiger partial charge >= 0.3 is 0 Å². The predicted octanol–water partition coefficient (Wildman–Crippen LogP) is 2.32. The number of aliphatic hydroxyl groups excluding tert-OH is 2. The van der Waals surface area contributed by atoms with Gasteiger partial charge in [0.2, 0.25) is 5.91 Å². The Bertz CT molecular complexity index is 704. The molecule has 0 bridgehead atoms. The van der Waals surface area contributed by atoms with Crippen molar-refractivity contribution in [3.63, 3.8) is 0 Å². The van der Waals surface area contributed by atoms with E-state index in [1.165, 1.54) is 0 Å². The Hall–Kier alpha value is -1.63. The minimum absolute atomic E-state index is 0.00842. The normalized spacial score (nSPS) is 30.8. The second-order valence-corrected chi connectivity index (χ2v) is 8.80. The highest BCUT2D eigenvalue weighted by atomic mass is 16.5. The number of carbonyl (C=O) groups is 1. The third-order valence-corrected chi connectivity index (χ3v) is 7.06. The van der Waals surface area contributed by atoms with Crippen LogP contribution < -0.4 is 4.74 Å². The first-order valence-electron chi connectivity index (χ1n) is 11.2. The first-order chi connectivity index (χ1) is 14.1. The van der Waals surface area contributed by atoms with E-state index in [1.54, 1.807) is 0 Å². The van der Waals surface area contributed by atoms with E-state index in [0.717, 1.165) is 75.8 Å². The number of hydrogen-bond donors (Lipinski definition) is 2. The molecule has 6 nitrogen and oxygen atoms in total. The third kappa shape index (κ3) is 4.16. The van der Waals surface area contributed by atoms with Crippen molar-refractivity contribution in [3.8, 4) is 5.75 Å². The number of benzene rings is 1. The maximum Gasteiger partial charge on any atom is 0.243 e. The van der Waals surface area contributed by atoms with Crippen LogP contribution in [0.5, 0.6) is 5.75 Å². The number of hydrogen-bond acceptors (Lipinski definition) is 5. The van der Waals surface area contributed by atoms with Crippen molar-refractivity contribution in [1.82, 2.24) is 9.80 Å². The van der Waals surface area contributed by atoms with Gasteiger partial charge < -0.3 is 19.8 Å². The lowest BCUT2D eigenvalue weighted by atomic mass is 9.82. The lowest BCUT2D eigenvalue weighted by Crippen LogP contribution is -2.62. The zero-order valence-electron chi connectivity index (χ0n) is 17.3. The Morgan fingerprint density at radius 1 is 1.07 bits per heavy atom. The Labute approximate surface area is 173 Å². The molecular weight excluding hydrogens is 368 g/mol. The maximum atomic E-state index is 13.7. The molecule has 1 amide bonds. The minimum atomic E-state index is -0.390. The Kier molecular flexibility index (Phi) is 6.42. The summed E-state index contributed by atoms with van der Waals surface area (Å²) >= 11 is 0. The van der Waals surface area contributed by atoms with Crippen molar-refractivity contribution in [2.75, 3.05) is 26.3 Å². The number of carbonyl (C=O) groups excluding carboxylic acids is 1. The van der Waals surface area contributed by atoms with E-state index in [4.69, 9.17) is 9.84 Å². The number of para-hydroxylation sites is 1. The van der Waals surface area contributed by atoms with E-state index in [0.29, 0.717) is 12.5 Å². The molecule has 1 saturated carbocycles. The van der Waals surface area contributed by atoms with E-state index >= 15 is 0 Å². The molecule has 2 saturated heterocycles. The average molecular weight is 403 g/mol. The summed E-state index contributed by atoms with van der Waals surface area (Å²) in [4.78, 5) is 18.3. The quantitative estimate of drug-likeness (QED) is 0.764. The van der Waals surface area contributed by atoms with Crippen LogP contribution in [0.2, 0.25) is 0 Å². The number of ether oxygens (including phenoxy) is 1. The molecular formula is C23H34N2O4. The molecule has 2 N–H and O–H groups in total. The fourth-order valence-electron chi connectivity index (χ4n) is 5.56. The fourth-order valence-corrected chi connectivity index (χ4v) is 5.56. The van der Waals surface area contributed by atoms with Gasteiger partial charge in [0.05, 0.1) is 12.7 Å². The van der Waals surface area contributed by atoms with Gasteiger partial charge in [-0.15, -0.1) is 0 Å². The van der Waals surface area contributed by atoms with Gasteiger partial charge in [0.1, 0.15) is 17.9 Å². The number of rotatable bonds is 6. The average Bonchev–Trinajstić information content (AvgIpc) is 3.13. The molecule has 0 radical (unpaired) electrons. The van der Waals surface area contributed by atoms with E-state index in [9.17, 15) is 9.90 Å². The monoisotopic (exact) mass is 402 g/mol. The zero-order valence-corrected chi connectivity index (χ0v) is 17.3.